The monoisotopic (exact) mass is 239 g/mol. The molecule has 0 bridgehead atoms. The molecule has 4 heteroatoms. The Kier molecular flexibility index (Phi) is 3.88. The molecule has 0 spiro atoms. The number of carbonyl (C=O) groups is 1. The Morgan fingerprint density at radius 1 is 1.47 bits per heavy atom. The fraction of sp³-hybridized carbons (Fsp3) is 0.462. The first-order valence-corrected chi connectivity index (χ1v) is 5.49. The van der Waals surface area contributed by atoms with Crippen LogP contribution in [0.15, 0.2) is 18.2 Å². The summed E-state index contributed by atoms with van der Waals surface area (Å²) in [6, 6.07) is 4.02. The fourth-order valence-corrected chi connectivity index (χ4v) is 1.68. The summed E-state index contributed by atoms with van der Waals surface area (Å²) in [6.45, 7) is 5.76. The second-order valence-corrected chi connectivity index (χ2v) is 5.19. The normalized spacial score (nSPS) is 13.5. The average Bonchev–Trinajstić information content (AvgIpc) is 2.14. The number of hydrogen-bond acceptors (Lipinski definition) is 2. The van der Waals surface area contributed by atoms with E-state index in [1.54, 1.807) is 12.1 Å². The highest BCUT2D eigenvalue weighted by Gasteiger charge is 2.20. The Balaban J connectivity index is 3.00. The molecule has 0 heterocycles. The largest absolute Gasteiger partial charge is 0.481 e. The van der Waals surface area contributed by atoms with Crippen molar-refractivity contribution in [2.45, 2.75) is 38.6 Å². The van der Waals surface area contributed by atoms with E-state index in [0.29, 0.717) is 11.1 Å². The minimum atomic E-state index is -0.988. The number of aliphatic carboxylic acids is 1. The number of benzene rings is 1. The van der Waals surface area contributed by atoms with E-state index in [2.05, 4.69) is 0 Å². The maximum absolute atomic E-state index is 13.8. The third-order valence-corrected chi connectivity index (χ3v) is 2.62. The van der Waals surface area contributed by atoms with Gasteiger partial charge in [-0.3, -0.25) is 4.79 Å². The number of carboxylic acids is 1. The number of hydrogen-bond donors (Lipinski definition) is 2. The maximum Gasteiger partial charge on any atom is 0.305 e. The molecule has 0 amide bonds. The third kappa shape index (κ3) is 3.53. The Bertz CT molecular complexity index is 424. The molecular formula is C13H18FNO2. The molecule has 94 valence electrons. The van der Waals surface area contributed by atoms with Crippen LogP contribution < -0.4 is 5.73 Å². The summed E-state index contributed by atoms with van der Waals surface area (Å²) in [4.78, 5) is 10.5. The van der Waals surface area contributed by atoms with E-state index < -0.39 is 12.0 Å². The minimum Gasteiger partial charge on any atom is -0.481 e. The zero-order valence-corrected chi connectivity index (χ0v) is 10.3. The molecule has 17 heavy (non-hydrogen) atoms. The highest BCUT2D eigenvalue weighted by Crippen LogP contribution is 2.27. The van der Waals surface area contributed by atoms with Gasteiger partial charge in [0.15, 0.2) is 0 Å². The summed E-state index contributed by atoms with van der Waals surface area (Å²) in [5.74, 6) is -1.33. The minimum absolute atomic E-state index is 0.200. The van der Waals surface area contributed by atoms with Crippen molar-refractivity contribution in [2.75, 3.05) is 0 Å². The molecule has 0 saturated heterocycles. The average molecular weight is 239 g/mol. The van der Waals surface area contributed by atoms with E-state index >= 15 is 0 Å². The molecule has 3 nitrogen and oxygen atoms in total. The van der Waals surface area contributed by atoms with Crippen molar-refractivity contribution in [3.05, 3.63) is 35.1 Å². The van der Waals surface area contributed by atoms with E-state index in [1.165, 1.54) is 6.07 Å². The van der Waals surface area contributed by atoms with Crippen molar-refractivity contribution in [3.8, 4) is 0 Å². The number of rotatable bonds is 3. The quantitative estimate of drug-likeness (QED) is 0.852. The number of nitrogens with two attached hydrogens (primary N) is 1. The van der Waals surface area contributed by atoms with Gasteiger partial charge >= 0.3 is 5.97 Å². The SMILES string of the molecule is CC(C)(C)c1ccc(C(N)CC(=O)O)cc1F. The van der Waals surface area contributed by atoms with E-state index in [-0.39, 0.29) is 17.7 Å². The van der Waals surface area contributed by atoms with Crippen molar-refractivity contribution < 1.29 is 14.3 Å². The molecular weight excluding hydrogens is 221 g/mol. The standard InChI is InChI=1S/C13H18FNO2/c1-13(2,3)9-5-4-8(6-10(9)14)11(15)7-12(16)17/h4-6,11H,7,15H2,1-3H3,(H,16,17). The first kappa shape index (κ1) is 13.6. The predicted molar refractivity (Wildman–Crippen MR) is 64.3 cm³/mol. The first-order chi connectivity index (χ1) is 7.71. The fourth-order valence-electron chi connectivity index (χ4n) is 1.68. The summed E-state index contributed by atoms with van der Waals surface area (Å²) in [7, 11) is 0. The van der Waals surface area contributed by atoms with E-state index in [4.69, 9.17) is 10.8 Å². The van der Waals surface area contributed by atoms with Crippen molar-refractivity contribution in [2.24, 2.45) is 5.73 Å². The van der Waals surface area contributed by atoms with Gasteiger partial charge in [-0.05, 0) is 22.6 Å². The van der Waals surface area contributed by atoms with E-state index in [9.17, 15) is 9.18 Å². The van der Waals surface area contributed by atoms with Gasteiger partial charge in [-0.2, -0.15) is 0 Å². The topological polar surface area (TPSA) is 63.3 Å². The van der Waals surface area contributed by atoms with Crippen LogP contribution in [0.4, 0.5) is 4.39 Å². The van der Waals surface area contributed by atoms with Gasteiger partial charge in [0.2, 0.25) is 0 Å². The number of carboxylic acid groups (broad SMARTS) is 1. The van der Waals surface area contributed by atoms with E-state index in [1.807, 2.05) is 20.8 Å². The zero-order valence-electron chi connectivity index (χ0n) is 10.3. The van der Waals surface area contributed by atoms with Gasteiger partial charge in [0, 0.05) is 6.04 Å². The maximum atomic E-state index is 13.8. The van der Waals surface area contributed by atoms with Gasteiger partial charge < -0.3 is 10.8 Å². The van der Waals surface area contributed by atoms with Crippen LogP contribution in [0.2, 0.25) is 0 Å². The van der Waals surface area contributed by atoms with Crippen LogP contribution in [0.1, 0.15) is 44.4 Å². The first-order valence-electron chi connectivity index (χ1n) is 5.49. The summed E-state index contributed by atoms with van der Waals surface area (Å²) >= 11 is 0. The summed E-state index contributed by atoms with van der Waals surface area (Å²) in [6.07, 6.45) is -0.200. The second kappa shape index (κ2) is 4.84. The molecule has 1 atom stereocenters. The Morgan fingerprint density at radius 2 is 2.06 bits per heavy atom. The van der Waals surface area contributed by atoms with Crippen molar-refractivity contribution in [1.29, 1.82) is 0 Å². The molecule has 0 saturated carbocycles. The smallest absolute Gasteiger partial charge is 0.305 e. The van der Waals surface area contributed by atoms with Gasteiger partial charge in [-0.1, -0.05) is 32.9 Å². The van der Waals surface area contributed by atoms with Crippen LogP contribution in [0.25, 0.3) is 0 Å². The highest BCUT2D eigenvalue weighted by atomic mass is 19.1. The van der Waals surface area contributed by atoms with Crippen LogP contribution in [0.3, 0.4) is 0 Å². The molecule has 1 rings (SSSR count). The summed E-state index contributed by atoms with van der Waals surface area (Å²) < 4.78 is 13.8. The highest BCUT2D eigenvalue weighted by molar-refractivity contribution is 5.67. The van der Waals surface area contributed by atoms with Crippen LogP contribution >= 0.6 is 0 Å². The second-order valence-electron chi connectivity index (χ2n) is 5.19. The third-order valence-electron chi connectivity index (χ3n) is 2.62. The molecule has 1 aromatic carbocycles. The zero-order chi connectivity index (χ0) is 13.2. The molecule has 0 fully saturated rings. The lowest BCUT2D eigenvalue weighted by molar-refractivity contribution is -0.137. The van der Waals surface area contributed by atoms with Crippen molar-refractivity contribution in [3.63, 3.8) is 0 Å². The lowest BCUT2D eigenvalue weighted by atomic mass is 9.85. The molecule has 3 N–H and O–H groups in total. The number of halogens is 1. The van der Waals surface area contributed by atoms with Gasteiger partial charge in [0.1, 0.15) is 5.82 Å². The Morgan fingerprint density at radius 3 is 2.47 bits per heavy atom. The van der Waals surface area contributed by atoms with Gasteiger partial charge in [0.05, 0.1) is 6.42 Å². The van der Waals surface area contributed by atoms with Crippen LogP contribution in [-0.2, 0) is 10.2 Å². The predicted octanol–water partition coefficient (Wildman–Crippen LogP) is 2.60. The molecule has 0 radical (unpaired) electrons. The van der Waals surface area contributed by atoms with Crippen LogP contribution in [0.5, 0.6) is 0 Å². The van der Waals surface area contributed by atoms with Crippen molar-refractivity contribution in [1.82, 2.24) is 0 Å². The van der Waals surface area contributed by atoms with Gasteiger partial charge in [0.25, 0.3) is 0 Å². The molecule has 0 aliphatic carbocycles. The van der Waals surface area contributed by atoms with Crippen LogP contribution in [-0.4, -0.2) is 11.1 Å². The lowest BCUT2D eigenvalue weighted by Crippen LogP contribution is -2.17. The lowest BCUT2D eigenvalue weighted by Gasteiger charge is -2.21. The molecule has 1 aromatic rings. The summed E-state index contributed by atoms with van der Waals surface area (Å²) in [5.41, 5.74) is 6.51. The van der Waals surface area contributed by atoms with E-state index in [0.717, 1.165) is 0 Å². The van der Waals surface area contributed by atoms with Gasteiger partial charge in [-0.15, -0.1) is 0 Å². The van der Waals surface area contributed by atoms with Crippen molar-refractivity contribution >= 4 is 5.97 Å². The molecule has 1 unspecified atom stereocenters. The van der Waals surface area contributed by atoms with Gasteiger partial charge in [-0.25, -0.2) is 4.39 Å². The molecule has 0 aliphatic rings. The Labute approximate surface area is 100 Å². The van der Waals surface area contributed by atoms with Crippen LogP contribution in [0, 0.1) is 5.82 Å². The summed E-state index contributed by atoms with van der Waals surface area (Å²) in [5, 5.41) is 8.62. The Hall–Kier alpha value is -1.42. The molecule has 0 aliphatic heterocycles. The molecule has 0 aromatic heterocycles.